The molecule has 0 saturated heterocycles. The van der Waals surface area contributed by atoms with Gasteiger partial charge in [-0.3, -0.25) is 0 Å². The van der Waals surface area contributed by atoms with Crippen molar-refractivity contribution in [3.05, 3.63) is 23.3 Å². The number of phenolic OH excluding ortho intramolecular Hbond substituents is 1. The first-order chi connectivity index (χ1) is 6.69. The van der Waals surface area contributed by atoms with Gasteiger partial charge in [-0.05, 0) is 24.6 Å². The summed E-state index contributed by atoms with van der Waals surface area (Å²) in [6, 6.07) is 3.46. The van der Waals surface area contributed by atoms with Gasteiger partial charge in [0, 0.05) is 12.1 Å². The van der Waals surface area contributed by atoms with E-state index in [0.717, 1.165) is 16.9 Å². The van der Waals surface area contributed by atoms with Gasteiger partial charge in [-0.2, -0.15) is 5.48 Å². The lowest BCUT2D eigenvalue weighted by atomic mass is 10.1. The van der Waals surface area contributed by atoms with E-state index in [2.05, 4.69) is 5.48 Å². The van der Waals surface area contributed by atoms with Gasteiger partial charge in [0.1, 0.15) is 11.5 Å². The molecule has 1 aromatic carbocycles. The standard InChI is InChI=1S/C10H15NO3/c1-7-4-9(12)8(6-11-14-3)5-10(7)13-2/h4-5,11-12H,6H2,1-3H3. The molecule has 4 heteroatoms. The van der Waals surface area contributed by atoms with Gasteiger partial charge < -0.3 is 14.7 Å². The van der Waals surface area contributed by atoms with Crippen molar-refractivity contribution < 1.29 is 14.7 Å². The molecular weight excluding hydrogens is 182 g/mol. The number of hydrogen-bond acceptors (Lipinski definition) is 4. The Kier molecular flexibility index (Phi) is 3.73. The predicted molar refractivity (Wildman–Crippen MR) is 53.2 cm³/mol. The Morgan fingerprint density at radius 1 is 1.36 bits per heavy atom. The maximum atomic E-state index is 9.59. The number of aryl methyl sites for hydroxylation is 1. The molecule has 2 N–H and O–H groups in total. The number of nitrogens with one attached hydrogen (secondary N) is 1. The second kappa shape index (κ2) is 4.83. The third kappa shape index (κ3) is 2.37. The van der Waals surface area contributed by atoms with Crippen LogP contribution in [0, 0.1) is 6.92 Å². The molecule has 0 spiro atoms. The number of hydroxylamine groups is 1. The van der Waals surface area contributed by atoms with Crippen molar-refractivity contribution in [1.82, 2.24) is 5.48 Å². The minimum atomic E-state index is 0.243. The van der Waals surface area contributed by atoms with E-state index in [1.807, 2.05) is 6.92 Å². The summed E-state index contributed by atoms with van der Waals surface area (Å²) in [5, 5.41) is 9.59. The lowest BCUT2D eigenvalue weighted by molar-refractivity contribution is 0.0861. The summed E-state index contributed by atoms with van der Waals surface area (Å²) < 4.78 is 5.14. The zero-order valence-electron chi connectivity index (χ0n) is 8.63. The second-order valence-electron chi connectivity index (χ2n) is 2.98. The molecule has 0 fully saturated rings. The average Bonchev–Trinajstić information content (AvgIpc) is 2.17. The van der Waals surface area contributed by atoms with E-state index in [4.69, 9.17) is 9.57 Å². The zero-order chi connectivity index (χ0) is 10.6. The molecule has 0 radical (unpaired) electrons. The number of aromatic hydroxyl groups is 1. The van der Waals surface area contributed by atoms with E-state index in [0.29, 0.717) is 6.54 Å². The largest absolute Gasteiger partial charge is 0.508 e. The molecule has 14 heavy (non-hydrogen) atoms. The Hall–Kier alpha value is -1.26. The number of benzene rings is 1. The van der Waals surface area contributed by atoms with Gasteiger partial charge in [0.15, 0.2) is 0 Å². The van der Waals surface area contributed by atoms with Crippen LogP contribution in [0.2, 0.25) is 0 Å². The monoisotopic (exact) mass is 197 g/mol. The van der Waals surface area contributed by atoms with E-state index in [-0.39, 0.29) is 5.75 Å². The van der Waals surface area contributed by atoms with Crippen LogP contribution in [0.15, 0.2) is 12.1 Å². The molecular formula is C10H15NO3. The van der Waals surface area contributed by atoms with Crippen LogP contribution in [0.4, 0.5) is 0 Å². The molecule has 0 saturated carbocycles. The highest BCUT2D eigenvalue weighted by Crippen LogP contribution is 2.27. The Bertz CT molecular complexity index is 312. The van der Waals surface area contributed by atoms with Crippen LogP contribution in [-0.2, 0) is 11.4 Å². The van der Waals surface area contributed by atoms with Crippen LogP contribution < -0.4 is 10.2 Å². The van der Waals surface area contributed by atoms with Gasteiger partial charge in [0.2, 0.25) is 0 Å². The van der Waals surface area contributed by atoms with Gasteiger partial charge in [0.25, 0.3) is 0 Å². The lowest BCUT2D eigenvalue weighted by Gasteiger charge is -2.10. The third-order valence-electron chi connectivity index (χ3n) is 2.00. The minimum absolute atomic E-state index is 0.243. The van der Waals surface area contributed by atoms with Gasteiger partial charge in [-0.25, -0.2) is 0 Å². The molecule has 0 heterocycles. The van der Waals surface area contributed by atoms with E-state index in [9.17, 15) is 5.11 Å². The van der Waals surface area contributed by atoms with Crippen LogP contribution in [0.5, 0.6) is 11.5 Å². The normalized spacial score (nSPS) is 10.2. The zero-order valence-corrected chi connectivity index (χ0v) is 8.63. The van der Waals surface area contributed by atoms with E-state index in [1.54, 1.807) is 19.2 Å². The molecule has 0 aliphatic rings. The summed E-state index contributed by atoms with van der Waals surface area (Å²) in [6.07, 6.45) is 0. The average molecular weight is 197 g/mol. The smallest absolute Gasteiger partial charge is 0.122 e. The van der Waals surface area contributed by atoms with E-state index < -0.39 is 0 Å². The number of phenols is 1. The van der Waals surface area contributed by atoms with Crippen molar-refractivity contribution in [2.24, 2.45) is 0 Å². The molecule has 0 aliphatic carbocycles. The first-order valence-electron chi connectivity index (χ1n) is 4.31. The Morgan fingerprint density at radius 3 is 2.64 bits per heavy atom. The highest BCUT2D eigenvalue weighted by molar-refractivity contribution is 5.44. The van der Waals surface area contributed by atoms with Crippen molar-refractivity contribution in [2.45, 2.75) is 13.5 Å². The van der Waals surface area contributed by atoms with Gasteiger partial charge in [-0.15, -0.1) is 0 Å². The van der Waals surface area contributed by atoms with Gasteiger partial charge in [-0.1, -0.05) is 0 Å². The Labute approximate surface area is 83.4 Å². The number of ether oxygens (including phenoxy) is 1. The second-order valence-corrected chi connectivity index (χ2v) is 2.98. The maximum Gasteiger partial charge on any atom is 0.122 e. The van der Waals surface area contributed by atoms with Crippen LogP contribution in [0.1, 0.15) is 11.1 Å². The summed E-state index contributed by atoms with van der Waals surface area (Å²) in [5.41, 5.74) is 4.31. The molecule has 0 aliphatic heterocycles. The molecule has 4 nitrogen and oxygen atoms in total. The minimum Gasteiger partial charge on any atom is -0.508 e. The molecule has 0 bridgehead atoms. The number of methoxy groups -OCH3 is 1. The van der Waals surface area contributed by atoms with Crippen LogP contribution in [-0.4, -0.2) is 19.3 Å². The van der Waals surface area contributed by atoms with Gasteiger partial charge >= 0.3 is 0 Å². The third-order valence-corrected chi connectivity index (χ3v) is 2.00. The Balaban J connectivity index is 2.92. The van der Waals surface area contributed by atoms with Crippen molar-refractivity contribution in [3.63, 3.8) is 0 Å². The van der Waals surface area contributed by atoms with Crippen molar-refractivity contribution in [2.75, 3.05) is 14.2 Å². The van der Waals surface area contributed by atoms with Crippen molar-refractivity contribution in [3.8, 4) is 11.5 Å². The van der Waals surface area contributed by atoms with Crippen LogP contribution >= 0.6 is 0 Å². The topological polar surface area (TPSA) is 50.7 Å². The molecule has 78 valence electrons. The van der Waals surface area contributed by atoms with E-state index in [1.165, 1.54) is 7.11 Å². The summed E-state index contributed by atoms with van der Waals surface area (Å²) in [4.78, 5) is 4.70. The van der Waals surface area contributed by atoms with E-state index >= 15 is 0 Å². The fourth-order valence-electron chi connectivity index (χ4n) is 1.23. The molecule has 0 aromatic heterocycles. The predicted octanol–water partition coefficient (Wildman–Crippen LogP) is 1.36. The van der Waals surface area contributed by atoms with Crippen molar-refractivity contribution in [1.29, 1.82) is 0 Å². The van der Waals surface area contributed by atoms with Crippen molar-refractivity contribution >= 4 is 0 Å². The summed E-state index contributed by atoms with van der Waals surface area (Å²) in [5.74, 6) is 1.00. The molecule has 0 unspecified atom stereocenters. The van der Waals surface area contributed by atoms with Crippen LogP contribution in [0.3, 0.4) is 0 Å². The Morgan fingerprint density at radius 2 is 2.07 bits per heavy atom. The van der Waals surface area contributed by atoms with Gasteiger partial charge in [0.05, 0.1) is 14.2 Å². The first kappa shape index (κ1) is 10.8. The highest BCUT2D eigenvalue weighted by atomic mass is 16.6. The number of hydrogen-bond donors (Lipinski definition) is 2. The van der Waals surface area contributed by atoms with Crippen LogP contribution in [0.25, 0.3) is 0 Å². The number of rotatable bonds is 4. The SMILES string of the molecule is CONCc1cc(OC)c(C)cc1O. The summed E-state index contributed by atoms with van der Waals surface area (Å²) in [7, 11) is 3.13. The molecule has 1 rings (SSSR count). The molecule has 1 aromatic rings. The molecule has 0 amide bonds. The molecule has 0 atom stereocenters. The fraction of sp³-hybridized carbons (Fsp3) is 0.400. The quantitative estimate of drug-likeness (QED) is 0.715. The summed E-state index contributed by atoms with van der Waals surface area (Å²) in [6.45, 7) is 2.32. The summed E-state index contributed by atoms with van der Waals surface area (Å²) >= 11 is 0. The first-order valence-corrected chi connectivity index (χ1v) is 4.31. The highest BCUT2D eigenvalue weighted by Gasteiger charge is 2.06. The maximum absolute atomic E-state index is 9.59. The fourth-order valence-corrected chi connectivity index (χ4v) is 1.23. The lowest BCUT2D eigenvalue weighted by Crippen LogP contribution is -2.11.